The molecule has 0 bridgehead atoms. The zero-order valence-corrected chi connectivity index (χ0v) is 15.9. The van der Waals surface area contributed by atoms with Crippen molar-refractivity contribution in [2.45, 2.75) is 6.42 Å². The lowest BCUT2D eigenvalue weighted by Gasteiger charge is -2.08. The third-order valence-electron chi connectivity index (χ3n) is 3.21. The summed E-state index contributed by atoms with van der Waals surface area (Å²) in [5.74, 6) is 0.386. The van der Waals surface area contributed by atoms with E-state index >= 15 is 0 Å². The molecule has 0 amide bonds. The van der Waals surface area contributed by atoms with Crippen LogP contribution in [0.2, 0.25) is 0 Å². The summed E-state index contributed by atoms with van der Waals surface area (Å²) in [6.07, 6.45) is 2.49. The molecular weight excluding hydrogens is 435 g/mol. The fourth-order valence-electron chi connectivity index (χ4n) is 1.99. The Hall–Kier alpha value is -2.43. The molecule has 1 heterocycles. The highest BCUT2D eigenvalue weighted by Crippen LogP contribution is 2.14. The summed E-state index contributed by atoms with van der Waals surface area (Å²) >= 11 is 0. The molecule has 1 aromatic heterocycles. The number of anilines is 1. The third kappa shape index (κ3) is 7.79. The van der Waals surface area contributed by atoms with Gasteiger partial charge in [-0.1, -0.05) is 6.07 Å². The van der Waals surface area contributed by atoms with Gasteiger partial charge in [-0.15, -0.1) is 24.0 Å². The highest BCUT2D eigenvalue weighted by atomic mass is 127. The molecule has 25 heavy (non-hydrogen) atoms. The van der Waals surface area contributed by atoms with Gasteiger partial charge in [-0.3, -0.25) is 20.1 Å². The van der Waals surface area contributed by atoms with Crippen molar-refractivity contribution in [2.24, 2.45) is 10.7 Å². The molecule has 4 N–H and O–H groups in total. The second-order valence-electron chi connectivity index (χ2n) is 5.00. The summed E-state index contributed by atoms with van der Waals surface area (Å²) in [7, 11) is 0. The van der Waals surface area contributed by atoms with Crippen molar-refractivity contribution in [1.29, 1.82) is 0 Å². The standard InChI is InChI=1S/C16H20N6O2.HI/c17-16(20-10-8-13-3-1-2-9-18-13)21-12-11-19-14-4-6-15(7-5-14)22(23)24;/h1-7,9,19H,8,10-12H2,(H3,17,20,21);1H. The Kier molecular flexibility index (Phi) is 9.22. The number of nitrogens with two attached hydrogens (primary N) is 1. The highest BCUT2D eigenvalue weighted by molar-refractivity contribution is 14.0. The van der Waals surface area contributed by atoms with Gasteiger partial charge in [0.1, 0.15) is 0 Å². The number of aromatic nitrogens is 1. The minimum absolute atomic E-state index is 0. The first kappa shape index (κ1) is 20.6. The first-order valence-electron chi connectivity index (χ1n) is 7.57. The zero-order valence-electron chi connectivity index (χ0n) is 13.6. The molecule has 0 spiro atoms. The number of nitrogens with zero attached hydrogens (tertiary/aromatic N) is 3. The van der Waals surface area contributed by atoms with Crippen LogP contribution in [0.3, 0.4) is 0 Å². The van der Waals surface area contributed by atoms with E-state index in [2.05, 4.69) is 20.6 Å². The van der Waals surface area contributed by atoms with Gasteiger partial charge in [-0.2, -0.15) is 0 Å². The zero-order chi connectivity index (χ0) is 17.2. The van der Waals surface area contributed by atoms with Gasteiger partial charge in [0.05, 0.1) is 4.92 Å². The first-order chi connectivity index (χ1) is 11.6. The van der Waals surface area contributed by atoms with E-state index in [1.165, 1.54) is 12.1 Å². The van der Waals surface area contributed by atoms with Crippen molar-refractivity contribution in [3.8, 4) is 0 Å². The van der Waals surface area contributed by atoms with Crippen LogP contribution < -0.4 is 16.4 Å². The Bertz CT molecular complexity index is 679. The van der Waals surface area contributed by atoms with Gasteiger partial charge < -0.3 is 16.4 Å². The van der Waals surface area contributed by atoms with Crippen molar-refractivity contribution in [3.05, 3.63) is 64.5 Å². The molecule has 9 heteroatoms. The van der Waals surface area contributed by atoms with Gasteiger partial charge in [0.25, 0.3) is 5.69 Å². The minimum atomic E-state index is -0.423. The van der Waals surface area contributed by atoms with E-state index in [1.54, 1.807) is 18.3 Å². The van der Waals surface area contributed by atoms with E-state index < -0.39 is 4.92 Å². The average molecular weight is 456 g/mol. The number of nitro groups is 1. The average Bonchev–Trinajstić information content (AvgIpc) is 2.60. The van der Waals surface area contributed by atoms with Crippen molar-refractivity contribution < 1.29 is 4.92 Å². The molecular formula is C16H21IN6O2. The number of non-ortho nitro benzene ring substituents is 1. The molecule has 0 aliphatic rings. The van der Waals surface area contributed by atoms with Gasteiger partial charge >= 0.3 is 0 Å². The van der Waals surface area contributed by atoms with Crippen molar-refractivity contribution in [2.75, 3.05) is 25.0 Å². The van der Waals surface area contributed by atoms with Crippen LogP contribution >= 0.6 is 24.0 Å². The molecule has 0 saturated carbocycles. The smallest absolute Gasteiger partial charge is 0.269 e. The number of aliphatic imine (C=N–C) groups is 1. The number of pyridine rings is 1. The lowest BCUT2D eigenvalue weighted by atomic mass is 10.3. The predicted octanol–water partition coefficient (Wildman–Crippen LogP) is 2.17. The maximum atomic E-state index is 10.6. The van der Waals surface area contributed by atoms with Crippen molar-refractivity contribution in [3.63, 3.8) is 0 Å². The number of halogens is 1. The maximum Gasteiger partial charge on any atom is 0.269 e. The molecule has 0 aliphatic heterocycles. The van der Waals surface area contributed by atoms with Crippen LogP contribution in [0, 0.1) is 10.1 Å². The lowest BCUT2D eigenvalue weighted by molar-refractivity contribution is -0.384. The topological polar surface area (TPSA) is 118 Å². The molecule has 0 atom stereocenters. The van der Waals surface area contributed by atoms with E-state index in [-0.39, 0.29) is 29.7 Å². The summed E-state index contributed by atoms with van der Waals surface area (Å²) < 4.78 is 0. The number of benzene rings is 1. The molecule has 0 fully saturated rings. The molecule has 2 rings (SSSR count). The number of guanidine groups is 1. The molecule has 8 nitrogen and oxygen atoms in total. The Morgan fingerprint density at radius 3 is 2.60 bits per heavy atom. The summed E-state index contributed by atoms with van der Waals surface area (Å²) in [5, 5.41) is 16.7. The van der Waals surface area contributed by atoms with E-state index in [9.17, 15) is 10.1 Å². The largest absolute Gasteiger partial charge is 0.383 e. The van der Waals surface area contributed by atoms with Crippen LogP contribution in [0.1, 0.15) is 5.69 Å². The molecule has 134 valence electrons. The van der Waals surface area contributed by atoms with E-state index in [0.717, 1.165) is 17.8 Å². The number of nitro benzene ring substituents is 1. The quantitative estimate of drug-likeness (QED) is 0.140. The number of rotatable bonds is 8. The monoisotopic (exact) mass is 456 g/mol. The van der Waals surface area contributed by atoms with Crippen molar-refractivity contribution >= 4 is 41.3 Å². The fourth-order valence-corrected chi connectivity index (χ4v) is 1.99. The van der Waals surface area contributed by atoms with Gasteiger partial charge in [0, 0.05) is 55.8 Å². The van der Waals surface area contributed by atoms with Crippen LogP contribution in [-0.4, -0.2) is 35.5 Å². The van der Waals surface area contributed by atoms with E-state index in [0.29, 0.717) is 25.6 Å². The minimum Gasteiger partial charge on any atom is -0.383 e. The Labute approximate surface area is 163 Å². The Morgan fingerprint density at radius 1 is 1.20 bits per heavy atom. The summed E-state index contributed by atoms with van der Waals surface area (Å²) in [6.45, 7) is 1.79. The van der Waals surface area contributed by atoms with Crippen LogP contribution in [0.5, 0.6) is 0 Å². The van der Waals surface area contributed by atoms with Crippen LogP contribution in [0.4, 0.5) is 11.4 Å². The van der Waals surface area contributed by atoms with Crippen molar-refractivity contribution in [1.82, 2.24) is 10.3 Å². The third-order valence-corrected chi connectivity index (χ3v) is 3.21. The molecule has 0 aliphatic carbocycles. The van der Waals surface area contributed by atoms with Crippen LogP contribution in [0.25, 0.3) is 0 Å². The van der Waals surface area contributed by atoms with Crippen LogP contribution in [0.15, 0.2) is 53.7 Å². The van der Waals surface area contributed by atoms with E-state index in [4.69, 9.17) is 5.73 Å². The number of hydrogen-bond donors (Lipinski definition) is 3. The van der Waals surface area contributed by atoms with E-state index in [1.807, 2.05) is 18.2 Å². The normalized spacial score (nSPS) is 10.6. The highest BCUT2D eigenvalue weighted by Gasteiger charge is 2.03. The van der Waals surface area contributed by atoms with Gasteiger partial charge in [0.15, 0.2) is 5.96 Å². The number of nitrogens with one attached hydrogen (secondary N) is 2. The maximum absolute atomic E-state index is 10.6. The van der Waals surface area contributed by atoms with Gasteiger partial charge in [-0.25, -0.2) is 0 Å². The number of hydrogen-bond acceptors (Lipinski definition) is 5. The first-order valence-corrected chi connectivity index (χ1v) is 7.57. The Balaban J connectivity index is 0.00000312. The molecule has 1 aromatic carbocycles. The second-order valence-corrected chi connectivity index (χ2v) is 5.00. The summed E-state index contributed by atoms with van der Waals surface area (Å²) in [4.78, 5) is 18.6. The molecule has 2 aromatic rings. The summed E-state index contributed by atoms with van der Waals surface area (Å²) in [5.41, 5.74) is 7.65. The summed E-state index contributed by atoms with van der Waals surface area (Å²) in [6, 6.07) is 12.0. The Morgan fingerprint density at radius 2 is 1.96 bits per heavy atom. The molecule has 0 unspecified atom stereocenters. The predicted molar refractivity (Wildman–Crippen MR) is 109 cm³/mol. The molecule has 0 radical (unpaired) electrons. The lowest BCUT2D eigenvalue weighted by Crippen LogP contribution is -2.35. The van der Waals surface area contributed by atoms with Crippen LogP contribution in [-0.2, 0) is 6.42 Å². The fraction of sp³-hybridized carbons (Fsp3) is 0.250. The van der Waals surface area contributed by atoms with Gasteiger partial charge in [-0.05, 0) is 24.3 Å². The second kappa shape index (κ2) is 11.2. The molecule has 0 saturated heterocycles. The SMILES string of the molecule is I.NC(=NCCc1ccccn1)NCCNc1ccc([N+](=O)[O-])cc1. The van der Waals surface area contributed by atoms with Gasteiger partial charge in [0.2, 0.25) is 0 Å².